The van der Waals surface area contributed by atoms with Crippen molar-refractivity contribution in [2.24, 2.45) is 0 Å². The molecule has 1 heterocycles. The van der Waals surface area contributed by atoms with Crippen molar-refractivity contribution in [3.63, 3.8) is 0 Å². The number of carbonyl (C=O) groups is 1. The summed E-state index contributed by atoms with van der Waals surface area (Å²) in [6.45, 7) is -0.501. The van der Waals surface area contributed by atoms with E-state index in [1.807, 2.05) is 0 Å². The third kappa shape index (κ3) is 4.16. The first kappa shape index (κ1) is 15.9. The van der Waals surface area contributed by atoms with Crippen LogP contribution in [0, 0.1) is 6.92 Å². The predicted octanol–water partition coefficient (Wildman–Crippen LogP) is 1.53. The molecule has 1 rings (SSSR count). The van der Waals surface area contributed by atoms with Crippen molar-refractivity contribution < 1.29 is 36.3 Å². The van der Waals surface area contributed by atoms with E-state index >= 15 is 0 Å². The molecule has 11 heteroatoms. The van der Waals surface area contributed by atoms with E-state index in [0.717, 1.165) is 0 Å². The second-order valence-electron chi connectivity index (χ2n) is 3.37. The number of rotatable bonds is 5. The SMILES string of the molecule is Cc1csc(C(=O)O)c1S(=O)(=O)NOCC(F)(F)F. The molecule has 0 saturated carbocycles. The van der Waals surface area contributed by atoms with E-state index in [9.17, 15) is 26.4 Å². The molecular weight excluding hydrogens is 311 g/mol. The minimum absolute atomic E-state index is 0.102. The molecule has 0 radical (unpaired) electrons. The lowest BCUT2D eigenvalue weighted by atomic mass is 10.3. The molecule has 0 fully saturated rings. The van der Waals surface area contributed by atoms with Crippen LogP contribution in [-0.4, -0.2) is 32.3 Å². The van der Waals surface area contributed by atoms with Crippen LogP contribution in [0.3, 0.4) is 0 Å². The number of hydrogen-bond donors (Lipinski definition) is 2. The maximum atomic E-state index is 11.8. The van der Waals surface area contributed by atoms with Gasteiger partial charge in [0.1, 0.15) is 9.77 Å². The molecule has 0 amide bonds. The van der Waals surface area contributed by atoms with Crippen molar-refractivity contribution in [1.82, 2.24) is 4.89 Å². The first-order valence-electron chi connectivity index (χ1n) is 4.56. The number of nitrogens with one attached hydrogen (secondary N) is 1. The number of carboxylic acids is 1. The Morgan fingerprint density at radius 3 is 2.58 bits per heavy atom. The van der Waals surface area contributed by atoms with Crippen molar-refractivity contribution in [3.05, 3.63) is 15.8 Å². The summed E-state index contributed by atoms with van der Waals surface area (Å²) < 4.78 is 58.8. The fourth-order valence-corrected chi connectivity index (χ4v) is 3.59. The molecule has 0 aliphatic heterocycles. The number of sulfonamides is 1. The molecule has 0 unspecified atom stereocenters. The summed E-state index contributed by atoms with van der Waals surface area (Å²) in [4.78, 5) is 14.8. The molecule has 1 aromatic heterocycles. The van der Waals surface area contributed by atoms with Gasteiger partial charge in [-0.25, -0.2) is 13.2 Å². The van der Waals surface area contributed by atoms with Gasteiger partial charge in [-0.15, -0.1) is 11.3 Å². The van der Waals surface area contributed by atoms with Crippen LogP contribution in [-0.2, 0) is 14.9 Å². The van der Waals surface area contributed by atoms with Crippen LogP contribution in [0.4, 0.5) is 13.2 Å². The summed E-state index contributed by atoms with van der Waals surface area (Å²) in [5.41, 5.74) is 0.102. The van der Waals surface area contributed by atoms with E-state index in [-0.39, 0.29) is 5.56 Å². The average Bonchev–Trinajstić information content (AvgIpc) is 2.58. The molecule has 19 heavy (non-hydrogen) atoms. The van der Waals surface area contributed by atoms with Gasteiger partial charge >= 0.3 is 12.1 Å². The minimum Gasteiger partial charge on any atom is -0.477 e. The molecule has 108 valence electrons. The second-order valence-corrected chi connectivity index (χ2v) is 5.83. The lowest BCUT2D eigenvalue weighted by molar-refractivity contribution is -0.181. The molecule has 0 aliphatic carbocycles. The predicted molar refractivity (Wildman–Crippen MR) is 58.3 cm³/mol. The summed E-state index contributed by atoms with van der Waals surface area (Å²) in [7, 11) is -4.49. The molecule has 0 atom stereocenters. The lowest BCUT2D eigenvalue weighted by Crippen LogP contribution is -2.30. The number of halogens is 3. The quantitative estimate of drug-likeness (QED) is 0.803. The van der Waals surface area contributed by atoms with E-state index in [1.54, 1.807) is 0 Å². The monoisotopic (exact) mass is 319 g/mol. The van der Waals surface area contributed by atoms with Gasteiger partial charge in [0, 0.05) is 0 Å². The summed E-state index contributed by atoms with van der Waals surface area (Å²) in [6.07, 6.45) is -4.71. The van der Waals surface area contributed by atoms with Crippen molar-refractivity contribution in [2.75, 3.05) is 6.61 Å². The summed E-state index contributed by atoms with van der Waals surface area (Å²) >= 11 is 0.654. The number of hydrogen-bond acceptors (Lipinski definition) is 5. The number of thiophene rings is 1. The maximum Gasteiger partial charge on any atom is 0.413 e. The molecule has 0 aliphatic rings. The standard InChI is InChI=1S/C8H8F3NO5S2/c1-4-2-18-5(7(13)14)6(4)19(15,16)12-17-3-8(9,10)11/h2,12H,3H2,1H3,(H,13,14). The third-order valence-corrected chi connectivity index (χ3v) is 4.40. The Hall–Kier alpha value is -1.17. The van der Waals surface area contributed by atoms with E-state index < -0.39 is 38.5 Å². The molecule has 0 aromatic carbocycles. The Morgan fingerprint density at radius 2 is 2.11 bits per heavy atom. The fourth-order valence-electron chi connectivity index (χ4n) is 1.15. The highest BCUT2D eigenvalue weighted by molar-refractivity contribution is 7.89. The molecular formula is C8H8F3NO5S2. The van der Waals surface area contributed by atoms with Crippen molar-refractivity contribution in [3.8, 4) is 0 Å². The van der Waals surface area contributed by atoms with Gasteiger partial charge in [-0.05, 0) is 17.9 Å². The Kier molecular flexibility index (Phi) is 4.55. The fraction of sp³-hybridized carbons (Fsp3) is 0.375. The molecule has 2 N–H and O–H groups in total. The van der Waals surface area contributed by atoms with Gasteiger partial charge in [-0.3, -0.25) is 4.84 Å². The van der Waals surface area contributed by atoms with Gasteiger partial charge in [0.15, 0.2) is 6.61 Å². The van der Waals surface area contributed by atoms with Crippen LogP contribution in [0.1, 0.15) is 15.2 Å². The third-order valence-electron chi connectivity index (χ3n) is 1.79. The lowest BCUT2D eigenvalue weighted by Gasteiger charge is -2.09. The van der Waals surface area contributed by atoms with Crippen LogP contribution in [0.2, 0.25) is 0 Å². The van der Waals surface area contributed by atoms with Crippen molar-refractivity contribution in [1.29, 1.82) is 0 Å². The zero-order valence-corrected chi connectivity index (χ0v) is 10.9. The zero-order valence-electron chi connectivity index (χ0n) is 9.32. The van der Waals surface area contributed by atoms with E-state index in [4.69, 9.17) is 5.11 Å². The van der Waals surface area contributed by atoms with Gasteiger partial charge < -0.3 is 5.11 Å². The zero-order chi connectivity index (χ0) is 14.8. The molecule has 0 bridgehead atoms. The molecule has 6 nitrogen and oxygen atoms in total. The Balaban J connectivity index is 2.95. The molecule has 1 aromatic rings. The number of alkyl halides is 3. The number of aryl methyl sites for hydroxylation is 1. The molecule has 0 saturated heterocycles. The first-order chi connectivity index (χ1) is 8.54. The average molecular weight is 319 g/mol. The Bertz CT molecular complexity index is 578. The van der Waals surface area contributed by atoms with Gasteiger partial charge in [0.25, 0.3) is 10.0 Å². The summed E-state index contributed by atoms with van der Waals surface area (Å²) in [5.74, 6) is -1.49. The maximum absolute atomic E-state index is 11.8. The Morgan fingerprint density at radius 1 is 1.53 bits per heavy atom. The highest BCUT2D eigenvalue weighted by atomic mass is 32.2. The number of carboxylic acid groups (broad SMARTS) is 1. The van der Waals surface area contributed by atoms with Crippen LogP contribution in [0.25, 0.3) is 0 Å². The van der Waals surface area contributed by atoms with E-state index in [1.165, 1.54) is 17.2 Å². The highest BCUT2D eigenvalue weighted by Crippen LogP contribution is 2.26. The van der Waals surface area contributed by atoms with Crippen molar-refractivity contribution >= 4 is 27.3 Å². The number of aromatic carboxylic acids is 1. The van der Waals surface area contributed by atoms with Gasteiger partial charge in [-0.1, -0.05) is 4.89 Å². The largest absolute Gasteiger partial charge is 0.477 e. The van der Waals surface area contributed by atoms with Crippen LogP contribution >= 0.6 is 11.3 Å². The second kappa shape index (κ2) is 5.45. The van der Waals surface area contributed by atoms with Gasteiger partial charge in [0.2, 0.25) is 0 Å². The molecule has 0 spiro atoms. The van der Waals surface area contributed by atoms with E-state index in [0.29, 0.717) is 11.3 Å². The van der Waals surface area contributed by atoms with Crippen molar-refractivity contribution in [2.45, 2.75) is 18.0 Å². The first-order valence-corrected chi connectivity index (χ1v) is 6.92. The Labute approximate surface area is 109 Å². The summed E-state index contributed by atoms with van der Waals surface area (Å²) in [5, 5.41) is 10.1. The minimum atomic E-state index is -4.71. The summed E-state index contributed by atoms with van der Waals surface area (Å²) in [6, 6.07) is 0. The van der Waals surface area contributed by atoms with Crippen LogP contribution in [0.15, 0.2) is 10.3 Å². The highest BCUT2D eigenvalue weighted by Gasteiger charge is 2.31. The van der Waals surface area contributed by atoms with Crippen LogP contribution in [0.5, 0.6) is 0 Å². The van der Waals surface area contributed by atoms with Gasteiger partial charge in [-0.2, -0.15) is 13.2 Å². The van der Waals surface area contributed by atoms with Crippen LogP contribution < -0.4 is 4.89 Å². The van der Waals surface area contributed by atoms with Gasteiger partial charge in [0.05, 0.1) is 0 Å². The van der Waals surface area contributed by atoms with E-state index in [2.05, 4.69) is 4.84 Å². The smallest absolute Gasteiger partial charge is 0.413 e. The topological polar surface area (TPSA) is 92.7 Å². The normalized spacial score (nSPS) is 12.6.